The van der Waals surface area contributed by atoms with Gasteiger partial charge in [0.15, 0.2) is 0 Å². The normalized spacial score (nSPS) is 14.4. The van der Waals surface area contributed by atoms with Crippen molar-refractivity contribution < 1.29 is 9.53 Å². The van der Waals surface area contributed by atoms with Crippen LogP contribution in [0.25, 0.3) is 10.8 Å². The molecule has 3 nitrogen and oxygen atoms in total. The van der Waals surface area contributed by atoms with Crippen molar-refractivity contribution in [3.05, 3.63) is 36.4 Å². The molecule has 1 saturated carbocycles. The Morgan fingerprint density at radius 1 is 1.32 bits per heavy atom. The number of fused-ring (bicyclic) bond motifs is 1. The second kappa shape index (κ2) is 4.92. The number of carbonyl (C=O) groups excluding carboxylic acids is 1. The first kappa shape index (κ1) is 12.0. The maximum atomic E-state index is 11.2. The highest BCUT2D eigenvalue weighted by atomic mass is 16.5. The summed E-state index contributed by atoms with van der Waals surface area (Å²) in [5.74, 6) is 1.55. The highest BCUT2D eigenvalue weighted by molar-refractivity contribution is 6.01. The van der Waals surface area contributed by atoms with Crippen molar-refractivity contribution in [2.45, 2.75) is 19.8 Å². The molecule has 0 saturated heterocycles. The summed E-state index contributed by atoms with van der Waals surface area (Å²) in [5.41, 5.74) is 0.835. The van der Waals surface area contributed by atoms with Gasteiger partial charge >= 0.3 is 0 Å². The molecular formula is C16H17NO2. The van der Waals surface area contributed by atoms with E-state index in [0.717, 1.165) is 34.7 Å². The van der Waals surface area contributed by atoms with E-state index in [4.69, 9.17) is 4.74 Å². The summed E-state index contributed by atoms with van der Waals surface area (Å²) < 4.78 is 5.79. The molecule has 2 aromatic rings. The van der Waals surface area contributed by atoms with E-state index in [0.29, 0.717) is 0 Å². The number of anilines is 1. The van der Waals surface area contributed by atoms with Crippen LogP contribution in [0.5, 0.6) is 5.75 Å². The SMILES string of the molecule is CC(=O)Nc1cccc2ccc(OCC3CC3)cc12. The Balaban J connectivity index is 1.91. The van der Waals surface area contributed by atoms with Gasteiger partial charge in [0.2, 0.25) is 5.91 Å². The maximum Gasteiger partial charge on any atom is 0.221 e. The Kier molecular flexibility index (Phi) is 3.11. The van der Waals surface area contributed by atoms with Crippen LogP contribution in [0, 0.1) is 5.92 Å². The monoisotopic (exact) mass is 255 g/mol. The van der Waals surface area contributed by atoms with Gasteiger partial charge in [-0.25, -0.2) is 0 Å². The number of rotatable bonds is 4. The second-order valence-electron chi connectivity index (χ2n) is 5.12. The number of nitrogens with one attached hydrogen (secondary N) is 1. The van der Waals surface area contributed by atoms with Gasteiger partial charge in [-0.15, -0.1) is 0 Å². The molecule has 0 heterocycles. The van der Waals surface area contributed by atoms with Gasteiger partial charge < -0.3 is 10.1 Å². The topological polar surface area (TPSA) is 38.3 Å². The van der Waals surface area contributed by atoms with Crippen LogP contribution in [0.3, 0.4) is 0 Å². The fourth-order valence-corrected chi connectivity index (χ4v) is 2.14. The van der Waals surface area contributed by atoms with Crippen molar-refractivity contribution in [2.24, 2.45) is 5.92 Å². The molecule has 3 rings (SSSR count). The first-order valence-electron chi connectivity index (χ1n) is 6.65. The molecule has 19 heavy (non-hydrogen) atoms. The van der Waals surface area contributed by atoms with E-state index in [1.807, 2.05) is 36.4 Å². The quantitative estimate of drug-likeness (QED) is 0.906. The summed E-state index contributed by atoms with van der Waals surface area (Å²) in [6.07, 6.45) is 2.56. The molecule has 0 unspecified atom stereocenters. The fraction of sp³-hybridized carbons (Fsp3) is 0.312. The number of hydrogen-bond acceptors (Lipinski definition) is 2. The molecule has 1 N–H and O–H groups in total. The van der Waals surface area contributed by atoms with Crippen molar-refractivity contribution in [3.8, 4) is 5.75 Å². The molecule has 0 spiro atoms. The van der Waals surface area contributed by atoms with Crippen LogP contribution in [-0.4, -0.2) is 12.5 Å². The predicted molar refractivity (Wildman–Crippen MR) is 76.5 cm³/mol. The molecular weight excluding hydrogens is 238 g/mol. The molecule has 0 bridgehead atoms. The Hall–Kier alpha value is -2.03. The van der Waals surface area contributed by atoms with Crippen LogP contribution in [0.1, 0.15) is 19.8 Å². The Labute approximate surface area is 112 Å². The Morgan fingerprint density at radius 2 is 2.16 bits per heavy atom. The minimum absolute atomic E-state index is 0.0585. The minimum Gasteiger partial charge on any atom is -0.493 e. The van der Waals surface area contributed by atoms with E-state index in [1.54, 1.807) is 0 Å². The van der Waals surface area contributed by atoms with Crippen molar-refractivity contribution in [1.29, 1.82) is 0 Å². The molecule has 0 aromatic heterocycles. The van der Waals surface area contributed by atoms with Crippen molar-refractivity contribution in [3.63, 3.8) is 0 Å². The summed E-state index contributed by atoms with van der Waals surface area (Å²) in [6.45, 7) is 2.32. The van der Waals surface area contributed by atoms with E-state index in [9.17, 15) is 4.79 Å². The molecule has 98 valence electrons. The standard InChI is InChI=1S/C16H17NO2/c1-11(18)17-16-4-2-3-13-7-8-14(9-15(13)16)19-10-12-5-6-12/h2-4,7-9,12H,5-6,10H2,1H3,(H,17,18). The minimum atomic E-state index is -0.0585. The van der Waals surface area contributed by atoms with Crippen LogP contribution >= 0.6 is 0 Å². The van der Waals surface area contributed by atoms with E-state index in [2.05, 4.69) is 5.32 Å². The van der Waals surface area contributed by atoms with Gasteiger partial charge in [0.1, 0.15) is 5.75 Å². The summed E-state index contributed by atoms with van der Waals surface area (Å²) in [5, 5.41) is 4.98. The highest BCUT2D eigenvalue weighted by Crippen LogP contribution is 2.31. The second-order valence-corrected chi connectivity index (χ2v) is 5.12. The van der Waals surface area contributed by atoms with E-state index in [-0.39, 0.29) is 5.91 Å². The summed E-state index contributed by atoms with van der Waals surface area (Å²) in [7, 11) is 0. The van der Waals surface area contributed by atoms with Crippen LogP contribution in [0.4, 0.5) is 5.69 Å². The molecule has 0 atom stereocenters. The molecule has 0 radical (unpaired) electrons. The lowest BCUT2D eigenvalue weighted by atomic mass is 10.1. The Morgan fingerprint density at radius 3 is 2.89 bits per heavy atom. The highest BCUT2D eigenvalue weighted by Gasteiger charge is 2.21. The number of amides is 1. The summed E-state index contributed by atoms with van der Waals surface area (Å²) >= 11 is 0. The predicted octanol–water partition coefficient (Wildman–Crippen LogP) is 3.59. The van der Waals surface area contributed by atoms with Gasteiger partial charge in [-0.3, -0.25) is 4.79 Å². The zero-order valence-electron chi connectivity index (χ0n) is 11.0. The third kappa shape index (κ3) is 2.87. The zero-order chi connectivity index (χ0) is 13.2. The van der Waals surface area contributed by atoms with Gasteiger partial charge in [-0.1, -0.05) is 18.2 Å². The van der Waals surface area contributed by atoms with E-state index >= 15 is 0 Å². The van der Waals surface area contributed by atoms with Gasteiger partial charge in [0, 0.05) is 18.0 Å². The summed E-state index contributed by atoms with van der Waals surface area (Å²) in [6, 6.07) is 11.9. The first-order valence-corrected chi connectivity index (χ1v) is 6.65. The molecule has 1 aliphatic carbocycles. The van der Waals surface area contributed by atoms with Crippen LogP contribution in [0.15, 0.2) is 36.4 Å². The van der Waals surface area contributed by atoms with Gasteiger partial charge in [-0.05, 0) is 42.3 Å². The molecule has 3 heteroatoms. The molecule has 1 amide bonds. The lowest BCUT2D eigenvalue weighted by Gasteiger charge is -2.10. The lowest BCUT2D eigenvalue weighted by molar-refractivity contribution is -0.114. The number of carbonyl (C=O) groups is 1. The average Bonchev–Trinajstić information content (AvgIpc) is 3.20. The molecule has 1 fully saturated rings. The smallest absolute Gasteiger partial charge is 0.221 e. The molecule has 1 aliphatic rings. The first-order chi connectivity index (χ1) is 9.22. The third-order valence-electron chi connectivity index (χ3n) is 3.35. The number of benzene rings is 2. The number of ether oxygens (including phenoxy) is 1. The fourth-order valence-electron chi connectivity index (χ4n) is 2.14. The third-order valence-corrected chi connectivity index (χ3v) is 3.35. The van der Waals surface area contributed by atoms with Crippen LogP contribution in [0.2, 0.25) is 0 Å². The van der Waals surface area contributed by atoms with E-state index in [1.165, 1.54) is 19.8 Å². The zero-order valence-corrected chi connectivity index (χ0v) is 11.0. The summed E-state index contributed by atoms with van der Waals surface area (Å²) in [4.78, 5) is 11.2. The largest absolute Gasteiger partial charge is 0.493 e. The average molecular weight is 255 g/mol. The van der Waals surface area contributed by atoms with Crippen molar-refractivity contribution in [2.75, 3.05) is 11.9 Å². The lowest BCUT2D eigenvalue weighted by Crippen LogP contribution is -2.06. The van der Waals surface area contributed by atoms with Crippen LogP contribution in [-0.2, 0) is 4.79 Å². The van der Waals surface area contributed by atoms with Crippen molar-refractivity contribution >= 4 is 22.4 Å². The van der Waals surface area contributed by atoms with Crippen LogP contribution < -0.4 is 10.1 Å². The van der Waals surface area contributed by atoms with Crippen molar-refractivity contribution in [1.82, 2.24) is 0 Å². The van der Waals surface area contributed by atoms with Gasteiger partial charge in [0.25, 0.3) is 0 Å². The molecule has 0 aliphatic heterocycles. The van der Waals surface area contributed by atoms with Gasteiger partial charge in [0.05, 0.1) is 6.61 Å². The van der Waals surface area contributed by atoms with E-state index < -0.39 is 0 Å². The number of hydrogen-bond donors (Lipinski definition) is 1. The Bertz CT molecular complexity index is 617. The molecule has 2 aromatic carbocycles. The maximum absolute atomic E-state index is 11.2. The van der Waals surface area contributed by atoms with Gasteiger partial charge in [-0.2, -0.15) is 0 Å².